The standard InChI is InChI=1S/C48H60N16O12S2/c49-40(69)35-22-77-78-23-36(57-37(65)21-64-38(66)20-55-48(64)76)46(75)59-31(12-13-39(67)68)42(71)62-34(17-27-19-52-24-56-27)45(74)60-32(15-25-7-2-1-3-8-25)43(72)58-30(11-6-14-53-47(50)51)41(70)61-33(44(73)63-35)16-26-18-54-29-10-5-4-9-28(26)29/h1-5,7-10,18-19,24,30-36,54H,6,11-17,20-23H2,(H2,49,69)(H,52,56)(H,55,76)(H,57,65)(H,58,72)(H,59,75)(H,60,74)(H,61,70)(H,62,71)(H,63,73)(H,67,68)(H4,50,51,53)/t30-,31-,32+,33-,34-,35-,36-/m0/s1. The van der Waals surface area contributed by atoms with E-state index in [0.29, 0.717) is 32.6 Å². The number of aliphatic carboxylic acids is 1. The number of imide groups is 1. The van der Waals surface area contributed by atoms with E-state index in [9.17, 15) is 57.8 Å². The quantitative estimate of drug-likeness (QED) is 0.0162. The van der Waals surface area contributed by atoms with Crippen LogP contribution in [0.3, 0.4) is 0 Å². The number of fused-ring (bicyclic) bond motifs is 1. The molecule has 11 amide bonds. The van der Waals surface area contributed by atoms with Gasteiger partial charge in [-0.25, -0.2) is 9.78 Å². The van der Waals surface area contributed by atoms with Crippen LogP contribution >= 0.6 is 21.6 Å². The van der Waals surface area contributed by atoms with Crippen LogP contribution in [-0.4, -0.2) is 170 Å². The number of guanidine groups is 1. The molecule has 2 saturated heterocycles. The Balaban J connectivity index is 1.40. The highest BCUT2D eigenvalue weighted by atomic mass is 33.1. The van der Waals surface area contributed by atoms with Crippen LogP contribution in [0.5, 0.6) is 0 Å². The summed E-state index contributed by atoms with van der Waals surface area (Å²) in [7, 11) is 1.82. The number of rotatable bonds is 17. The van der Waals surface area contributed by atoms with Crippen LogP contribution in [-0.2, 0) is 67.2 Å². The maximum Gasteiger partial charge on any atom is 0.325 e. The number of hydrogen-bond acceptors (Lipinski definition) is 15. The lowest BCUT2D eigenvalue weighted by atomic mass is 10.0. The van der Waals surface area contributed by atoms with Crippen LogP contribution < -0.4 is 59.7 Å². The van der Waals surface area contributed by atoms with Gasteiger partial charge in [-0.1, -0.05) is 70.1 Å². The van der Waals surface area contributed by atoms with E-state index in [2.05, 4.69) is 62.5 Å². The Morgan fingerprint density at radius 1 is 0.705 bits per heavy atom. The van der Waals surface area contributed by atoms with E-state index in [1.54, 1.807) is 60.8 Å². The Morgan fingerprint density at radius 2 is 1.31 bits per heavy atom. The van der Waals surface area contributed by atoms with Gasteiger partial charge in [-0.3, -0.25) is 57.8 Å². The molecule has 28 nitrogen and oxygen atoms in total. The Hall–Kier alpha value is -8.67. The number of para-hydroxylation sites is 1. The second kappa shape index (κ2) is 28.5. The second-order valence-corrected chi connectivity index (χ2v) is 20.6. The summed E-state index contributed by atoms with van der Waals surface area (Å²) in [5.41, 5.74) is 19.1. The molecule has 4 heterocycles. The highest BCUT2D eigenvalue weighted by Crippen LogP contribution is 2.24. The molecule has 17 N–H and O–H groups in total. The summed E-state index contributed by atoms with van der Waals surface area (Å²) in [5, 5.41) is 30.9. The Labute approximate surface area is 452 Å². The van der Waals surface area contributed by atoms with E-state index in [4.69, 9.17) is 17.2 Å². The summed E-state index contributed by atoms with van der Waals surface area (Å²) in [6.45, 7) is -1.16. The van der Waals surface area contributed by atoms with Crippen molar-refractivity contribution in [2.24, 2.45) is 22.2 Å². The lowest BCUT2D eigenvalue weighted by Crippen LogP contribution is -2.61. The van der Waals surface area contributed by atoms with Gasteiger partial charge < -0.3 is 74.8 Å². The number of aromatic nitrogens is 3. The minimum absolute atomic E-state index is 0.0235. The summed E-state index contributed by atoms with van der Waals surface area (Å²) in [6.07, 6.45) is 2.55. The number of H-pyrrole nitrogens is 2. The molecule has 2 aromatic heterocycles. The molecule has 2 aliphatic heterocycles. The number of nitrogens with zero attached hydrogens (tertiary/aromatic N) is 3. The molecule has 7 atom stereocenters. The number of nitrogens with one attached hydrogen (secondary N) is 10. The molecule has 0 spiro atoms. The zero-order valence-corrected chi connectivity index (χ0v) is 43.4. The van der Waals surface area contributed by atoms with E-state index < -0.39 is 127 Å². The van der Waals surface area contributed by atoms with Crippen LogP contribution in [0.2, 0.25) is 0 Å². The molecule has 0 unspecified atom stereocenters. The van der Waals surface area contributed by atoms with Crippen LogP contribution in [0.4, 0.5) is 4.79 Å². The number of amides is 11. The van der Waals surface area contributed by atoms with Gasteiger partial charge in [-0.15, -0.1) is 0 Å². The van der Waals surface area contributed by atoms with Gasteiger partial charge in [0.2, 0.25) is 47.3 Å². The van der Waals surface area contributed by atoms with Crippen LogP contribution in [0.1, 0.15) is 42.5 Å². The van der Waals surface area contributed by atoms with Crippen molar-refractivity contribution in [3.63, 3.8) is 0 Å². The van der Waals surface area contributed by atoms with Gasteiger partial charge in [0.05, 0.1) is 12.9 Å². The number of aliphatic imine (C=N–C) groups is 1. The molecule has 30 heteroatoms. The highest BCUT2D eigenvalue weighted by molar-refractivity contribution is 8.76. The van der Waals surface area contributed by atoms with Crippen molar-refractivity contribution in [1.29, 1.82) is 0 Å². The average molecular weight is 1120 g/mol. The maximum absolute atomic E-state index is 14.7. The highest BCUT2D eigenvalue weighted by Gasteiger charge is 2.36. The summed E-state index contributed by atoms with van der Waals surface area (Å²) in [6, 6.07) is 4.25. The van der Waals surface area contributed by atoms with E-state index in [0.717, 1.165) is 21.6 Å². The number of hydrogen-bond donors (Lipinski definition) is 14. The van der Waals surface area contributed by atoms with E-state index in [-0.39, 0.29) is 62.7 Å². The monoisotopic (exact) mass is 1120 g/mol. The van der Waals surface area contributed by atoms with Crippen LogP contribution in [0.15, 0.2) is 78.3 Å². The first-order chi connectivity index (χ1) is 37.3. The number of urea groups is 1. The Morgan fingerprint density at radius 3 is 1.95 bits per heavy atom. The third kappa shape index (κ3) is 17.4. The number of imidazole rings is 1. The zero-order chi connectivity index (χ0) is 56.3. The third-order valence-electron chi connectivity index (χ3n) is 12.2. The summed E-state index contributed by atoms with van der Waals surface area (Å²) in [4.78, 5) is 164. The number of carboxylic acids is 1. The molecule has 416 valence electrons. The minimum atomic E-state index is -1.69. The van der Waals surface area contributed by atoms with E-state index >= 15 is 0 Å². The molecule has 6 rings (SSSR count). The number of carbonyl (C=O) groups is 11. The number of benzene rings is 2. The molecule has 0 aliphatic carbocycles. The smallest absolute Gasteiger partial charge is 0.325 e. The molecule has 2 fully saturated rings. The van der Waals surface area contributed by atoms with Crippen molar-refractivity contribution in [3.05, 3.63) is 90.1 Å². The molecule has 78 heavy (non-hydrogen) atoms. The molecule has 2 aliphatic rings. The topological polar surface area (TPSA) is 442 Å². The van der Waals surface area contributed by atoms with Gasteiger partial charge in [-0.05, 0) is 36.5 Å². The summed E-state index contributed by atoms with van der Waals surface area (Å²) >= 11 is 0. The third-order valence-corrected chi connectivity index (χ3v) is 14.6. The van der Waals surface area contributed by atoms with E-state index in [1.165, 1.54) is 12.5 Å². The lowest BCUT2D eigenvalue weighted by Gasteiger charge is -2.28. The predicted molar refractivity (Wildman–Crippen MR) is 284 cm³/mol. The van der Waals surface area contributed by atoms with Gasteiger partial charge in [0.15, 0.2) is 5.96 Å². The summed E-state index contributed by atoms with van der Waals surface area (Å²) in [5.74, 6) is -10.5. The van der Waals surface area contributed by atoms with E-state index in [1.807, 2.05) is 0 Å². The number of nitrogens with two attached hydrogens (primary N) is 3. The summed E-state index contributed by atoms with van der Waals surface area (Å²) < 4.78 is 0. The van der Waals surface area contributed by atoms with Gasteiger partial charge in [-0.2, -0.15) is 0 Å². The van der Waals surface area contributed by atoms with Gasteiger partial charge in [0.1, 0.15) is 48.8 Å². The number of primary amides is 1. The molecule has 0 saturated carbocycles. The Bertz CT molecular complexity index is 2850. The Kier molecular flexibility index (Phi) is 21.4. The fourth-order valence-electron chi connectivity index (χ4n) is 8.17. The fraction of sp³-hybridized carbons (Fsp3) is 0.396. The van der Waals surface area contributed by atoms with Crippen molar-refractivity contribution >= 4 is 104 Å². The van der Waals surface area contributed by atoms with Crippen molar-refractivity contribution in [2.75, 3.05) is 31.1 Å². The van der Waals surface area contributed by atoms with Crippen LogP contribution in [0, 0.1) is 0 Å². The number of aromatic amines is 2. The number of carboxylic acid groups (broad SMARTS) is 1. The number of carbonyl (C=O) groups excluding carboxylic acids is 10. The van der Waals surface area contributed by atoms with Crippen molar-refractivity contribution < 1.29 is 57.8 Å². The molecule has 2 aromatic carbocycles. The van der Waals surface area contributed by atoms with Crippen molar-refractivity contribution in [3.8, 4) is 0 Å². The molecule has 0 radical (unpaired) electrons. The van der Waals surface area contributed by atoms with Crippen LogP contribution in [0.25, 0.3) is 10.9 Å². The lowest BCUT2D eigenvalue weighted by molar-refractivity contribution is -0.138. The first kappa shape index (κ1) is 58.6. The average Bonchev–Trinajstić information content (AvgIpc) is 4.16. The molecular formula is C48H60N16O12S2. The van der Waals surface area contributed by atoms with Gasteiger partial charge >= 0.3 is 12.0 Å². The first-order valence-corrected chi connectivity index (χ1v) is 26.9. The molecular weight excluding hydrogens is 1060 g/mol. The van der Waals surface area contributed by atoms with Crippen molar-refractivity contribution in [1.82, 2.24) is 62.4 Å². The van der Waals surface area contributed by atoms with Gasteiger partial charge in [0, 0.05) is 72.7 Å². The predicted octanol–water partition coefficient (Wildman–Crippen LogP) is -3.34. The second-order valence-electron chi connectivity index (χ2n) is 18.0. The minimum Gasteiger partial charge on any atom is -0.481 e. The maximum atomic E-state index is 14.7. The zero-order valence-electron chi connectivity index (χ0n) is 41.8. The largest absolute Gasteiger partial charge is 0.481 e. The van der Waals surface area contributed by atoms with Gasteiger partial charge in [0.25, 0.3) is 5.91 Å². The SMILES string of the molecule is NC(=O)[C@@H]1CSSC[C@H](NC(=O)CN2C(=O)CNC2=O)C(=O)N[C@@H](CCC(=O)O)C(=O)N[C@@H](Cc2cnc[nH]2)C(=O)N[C@H](Cc2ccccc2)C(=O)N[C@@H](CCCN=C(N)N)C(=O)N[C@@H](Cc2c[nH]c3ccccc23)C(=O)N1. The normalized spacial score (nSPS) is 22.4. The first-order valence-electron chi connectivity index (χ1n) is 24.4. The molecule has 0 bridgehead atoms. The van der Waals surface area contributed by atoms with Crippen molar-refractivity contribution in [2.45, 2.75) is 87.2 Å². The molecule has 4 aromatic rings. The fourth-order valence-corrected chi connectivity index (χ4v) is 10.5.